The van der Waals surface area contributed by atoms with Crippen LogP contribution in [0.3, 0.4) is 0 Å². The number of phenols is 1. The van der Waals surface area contributed by atoms with Crippen LogP contribution >= 0.6 is 0 Å². The molecule has 0 bridgehead atoms. The Morgan fingerprint density at radius 3 is 2.17 bits per heavy atom. The van der Waals surface area contributed by atoms with Crippen molar-refractivity contribution >= 4 is 21.9 Å². The van der Waals surface area contributed by atoms with Crippen molar-refractivity contribution in [3.63, 3.8) is 0 Å². The molecule has 1 saturated heterocycles. The SMILES string of the molecule is Cc1ccc(S(=O)(=O)N2CCN(C(=O)COC(=O)c3ccc(C)cc3O)CC2)cc1. The van der Waals surface area contributed by atoms with Crippen LogP contribution in [0.2, 0.25) is 0 Å². The van der Waals surface area contributed by atoms with Gasteiger partial charge in [-0.1, -0.05) is 23.8 Å². The fourth-order valence-electron chi connectivity index (χ4n) is 3.15. The second-order valence-corrected chi connectivity index (χ2v) is 9.13. The summed E-state index contributed by atoms with van der Waals surface area (Å²) in [7, 11) is -3.62. The van der Waals surface area contributed by atoms with E-state index in [1.165, 1.54) is 21.3 Å². The van der Waals surface area contributed by atoms with Gasteiger partial charge in [0.15, 0.2) is 6.61 Å². The Morgan fingerprint density at radius 2 is 1.57 bits per heavy atom. The lowest BCUT2D eigenvalue weighted by Gasteiger charge is -2.33. The zero-order chi connectivity index (χ0) is 21.9. The number of phenolic OH excluding ortho intramolecular Hbond substituents is 1. The van der Waals surface area contributed by atoms with Crippen LogP contribution in [0.15, 0.2) is 47.4 Å². The Kier molecular flexibility index (Phi) is 6.42. The minimum Gasteiger partial charge on any atom is -0.507 e. The first kappa shape index (κ1) is 21.8. The molecule has 1 amide bonds. The molecule has 1 fully saturated rings. The molecule has 0 radical (unpaired) electrons. The number of carbonyl (C=O) groups excluding carboxylic acids is 2. The Hall–Kier alpha value is -2.91. The van der Waals surface area contributed by atoms with Crippen molar-refractivity contribution in [2.75, 3.05) is 32.8 Å². The van der Waals surface area contributed by atoms with E-state index in [2.05, 4.69) is 0 Å². The Balaban J connectivity index is 1.54. The number of carbonyl (C=O) groups is 2. The molecule has 1 aliphatic rings. The van der Waals surface area contributed by atoms with Crippen LogP contribution in [0.4, 0.5) is 0 Å². The predicted octanol–water partition coefficient (Wildman–Crippen LogP) is 1.70. The lowest BCUT2D eigenvalue weighted by molar-refractivity contribution is -0.135. The molecular weight excluding hydrogens is 408 g/mol. The number of aromatic hydroxyl groups is 1. The summed E-state index contributed by atoms with van der Waals surface area (Å²) in [6.45, 7) is 3.92. The molecule has 30 heavy (non-hydrogen) atoms. The highest BCUT2D eigenvalue weighted by Gasteiger charge is 2.30. The van der Waals surface area contributed by atoms with Crippen molar-refractivity contribution in [1.82, 2.24) is 9.21 Å². The number of piperazine rings is 1. The number of aryl methyl sites for hydroxylation is 2. The van der Waals surface area contributed by atoms with E-state index in [-0.39, 0.29) is 42.4 Å². The molecule has 160 valence electrons. The van der Waals surface area contributed by atoms with Crippen LogP contribution in [0.25, 0.3) is 0 Å². The molecule has 9 heteroatoms. The van der Waals surface area contributed by atoms with Crippen molar-refractivity contribution in [1.29, 1.82) is 0 Å². The normalized spacial score (nSPS) is 15.1. The minimum absolute atomic E-state index is 0.0117. The third-order valence-corrected chi connectivity index (χ3v) is 6.86. The average molecular weight is 432 g/mol. The van der Waals surface area contributed by atoms with Crippen molar-refractivity contribution in [3.05, 3.63) is 59.2 Å². The van der Waals surface area contributed by atoms with Crippen LogP contribution in [0.1, 0.15) is 21.5 Å². The number of nitrogens with zero attached hydrogens (tertiary/aromatic N) is 2. The fourth-order valence-corrected chi connectivity index (χ4v) is 4.57. The van der Waals surface area contributed by atoms with Gasteiger partial charge in [-0.25, -0.2) is 13.2 Å². The van der Waals surface area contributed by atoms with Crippen LogP contribution in [0.5, 0.6) is 5.75 Å². The number of ether oxygens (including phenoxy) is 1. The van der Waals surface area contributed by atoms with E-state index in [1.54, 1.807) is 37.3 Å². The van der Waals surface area contributed by atoms with E-state index in [1.807, 2.05) is 6.92 Å². The summed E-state index contributed by atoms with van der Waals surface area (Å²) in [4.78, 5) is 26.1. The van der Waals surface area contributed by atoms with Crippen LogP contribution in [0, 0.1) is 13.8 Å². The molecular formula is C21H24N2O6S. The highest BCUT2D eigenvalue weighted by atomic mass is 32.2. The maximum Gasteiger partial charge on any atom is 0.342 e. The third kappa shape index (κ3) is 4.80. The maximum absolute atomic E-state index is 12.7. The quantitative estimate of drug-likeness (QED) is 0.721. The van der Waals surface area contributed by atoms with Gasteiger partial charge in [0.1, 0.15) is 11.3 Å². The zero-order valence-corrected chi connectivity index (χ0v) is 17.7. The molecule has 0 unspecified atom stereocenters. The molecule has 3 rings (SSSR count). The van der Waals surface area contributed by atoms with Crippen LogP contribution in [-0.2, 0) is 19.6 Å². The first-order valence-electron chi connectivity index (χ1n) is 9.50. The van der Waals surface area contributed by atoms with Crippen molar-refractivity contribution in [3.8, 4) is 5.75 Å². The fraction of sp³-hybridized carbons (Fsp3) is 0.333. The van der Waals surface area contributed by atoms with Gasteiger partial charge in [-0.05, 0) is 43.7 Å². The number of esters is 1. The second kappa shape index (κ2) is 8.85. The lowest BCUT2D eigenvalue weighted by atomic mass is 10.1. The Morgan fingerprint density at radius 1 is 0.967 bits per heavy atom. The number of sulfonamides is 1. The highest BCUT2D eigenvalue weighted by Crippen LogP contribution is 2.20. The number of amides is 1. The molecule has 0 aromatic heterocycles. The molecule has 0 spiro atoms. The minimum atomic E-state index is -3.62. The molecule has 8 nitrogen and oxygen atoms in total. The van der Waals surface area contributed by atoms with Gasteiger partial charge < -0.3 is 14.7 Å². The summed E-state index contributed by atoms with van der Waals surface area (Å²) in [5, 5.41) is 9.83. The summed E-state index contributed by atoms with van der Waals surface area (Å²) in [5.41, 5.74) is 1.75. The van der Waals surface area contributed by atoms with E-state index in [9.17, 15) is 23.1 Å². The highest BCUT2D eigenvalue weighted by molar-refractivity contribution is 7.89. The smallest absolute Gasteiger partial charge is 0.342 e. The summed E-state index contributed by atoms with van der Waals surface area (Å²) in [6, 6.07) is 11.2. The van der Waals surface area contributed by atoms with Crippen molar-refractivity contribution < 1.29 is 27.9 Å². The molecule has 0 saturated carbocycles. The van der Waals surface area contributed by atoms with Gasteiger partial charge >= 0.3 is 5.97 Å². The molecule has 0 aliphatic carbocycles. The van der Waals surface area contributed by atoms with Crippen LogP contribution < -0.4 is 0 Å². The van der Waals surface area contributed by atoms with Crippen molar-refractivity contribution in [2.24, 2.45) is 0 Å². The summed E-state index contributed by atoms with van der Waals surface area (Å²) in [6.07, 6.45) is 0. The number of benzene rings is 2. The standard InChI is InChI=1S/C21H24N2O6S/c1-15-3-6-17(7-4-15)30(27,28)23-11-9-22(10-12-23)20(25)14-29-21(26)18-8-5-16(2)13-19(18)24/h3-8,13,24H,9-12,14H2,1-2H3. The first-order valence-corrected chi connectivity index (χ1v) is 10.9. The monoisotopic (exact) mass is 432 g/mol. The van der Waals surface area contributed by atoms with Gasteiger partial charge in [0.25, 0.3) is 5.91 Å². The number of hydrogen-bond acceptors (Lipinski definition) is 6. The molecule has 1 N–H and O–H groups in total. The molecule has 1 heterocycles. The lowest BCUT2D eigenvalue weighted by Crippen LogP contribution is -2.51. The summed E-state index contributed by atoms with van der Waals surface area (Å²) in [5.74, 6) is -1.41. The van der Waals surface area contributed by atoms with E-state index < -0.39 is 28.5 Å². The van der Waals surface area contributed by atoms with Gasteiger partial charge in [-0.15, -0.1) is 0 Å². The topological polar surface area (TPSA) is 104 Å². The van der Waals surface area contributed by atoms with Gasteiger partial charge in [0, 0.05) is 26.2 Å². The Labute approximate surface area is 175 Å². The Bertz CT molecular complexity index is 1040. The number of hydrogen-bond donors (Lipinski definition) is 1. The van der Waals surface area contributed by atoms with E-state index in [4.69, 9.17) is 4.74 Å². The van der Waals surface area contributed by atoms with Crippen molar-refractivity contribution in [2.45, 2.75) is 18.7 Å². The zero-order valence-electron chi connectivity index (χ0n) is 16.9. The van der Waals surface area contributed by atoms with Gasteiger partial charge in [0.2, 0.25) is 10.0 Å². The largest absolute Gasteiger partial charge is 0.507 e. The summed E-state index contributed by atoms with van der Waals surface area (Å²) < 4.78 is 31.8. The van der Waals surface area contributed by atoms with Gasteiger partial charge in [0.05, 0.1) is 4.90 Å². The van der Waals surface area contributed by atoms with E-state index in [0.717, 1.165) is 11.1 Å². The van der Waals surface area contributed by atoms with E-state index in [0.29, 0.717) is 0 Å². The average Bonchev–Trinajstić information content (AvgIpc) is 2.72. The third-order valence-electron chi connectivity index (χ3n) is 4.95. The molecule has 0 atom stereocenters. The summed E-state index contributed by atoms with van der Waals surface area (Å²) >= 11 is 0. The molecule has 2 aromatic carbocycles. The molecule has 1 aliphatic heterocycles. The maximum atomic E-state index is 12.7. The van der Waals surface area contributed by atoms with E-state index >= 15 is 0 Å². The predicted molar refractivity (Wildman–Crippen MR) is 110 cm³/mol. The first-order chi connectivity index (χ1) is 14.2. The second-order valence-electron chi connectivity index (χ2n) is 7.19. The number of rotatable bonds is 5. The van der Waals surface area contributed by atoms with Gasteiger partial charge in [-0.2, -0.15) is 4.31 Å². The van der Waals surface area contributed by atoms with Gasteiger partial charge in [-0.3, -0.25) is 4.79 Å². The molecule has 2 aromatic rings. The van der Waals surface area contributed by atoms with Crippen LogP contribution in [-0.4, -0.2) is 67.4 Å².